The van der Waals surface area contributed by atoms with Gasteiger partial charge in [0.05, 0.1) is 12.4 Å². The van der Waals surface area contributed by atoms with E-state index in [2.05, 4.69) is 69.2 Å². The van der Waals surface area contributed by atoms with Gasteiger partial charge in [0.25, 0.3) is 5.91 Å². The van der Waals surface area contributed by atoms with Crippen molar-refractivity contribution in [1.29, 1.82) is 0 Å². The number of nitrogens with one attached hydrogen (secondary N) is 2. The molecule has 0 aliphatic heterocycles. The lowest BCUT2D eigenvalue weighted by atomic mass is 9.81. The lowest BCUT2D eigenvalue weighted by Gasteiger charge is -2.26. The van der Waals surface area contributed by atoms with E-state index in [1.54, 1.807) is 0 Å². The Hall–Kier alpha value is -2.23. The molecular formula is C25H38N2O2. The second-order valence-corrected chi connectivity index (χ2v) is 8.69. The molecule has 2 N–H and O–H groups in total. The van der Waals surface area contributed by atoms with Gasteiger partial charge in [0, 0.05) is 12.1 Å². The second kappa shape index (κ2) is 11.1. The summed E-state index contributed by atoms with van der Waals surface area (Å²) >= 11 is 0. The first-order valence-corrected chi connectivity index (χ1v) is 11.0. The molecular weight excluding hydrogens is 360 g/mol. The van der Waals surface area contributed by atoms with Gasteiger partial charge in [-0.1, -0.05) is 51.5 Å². The predicted octanol–water partition coefficient (Wildman–Crippen LogP) is 5.60. The number of unbranched alkanes of at least 4 members (excludes halogenated alkanes) is 1. The standard InChI is InChI=1S/C25H38N2O2/c1-6-7-18-29-22-14-12-21(13-15-22)25(4,5)16-17-26-20(3)27-24(28)23-11-9-8-10-19(23)2/h12-15,26H,3,6-11,16-18H2,1-2,4-5H3,(H,27,28). The number of amides is 1. The van der Waals surface area contributed by atoms with Gasteiger partial charge in [0.2, 0.25) is 0 Å². The van der Waals surface area contributed by atoms with Crippen LogP contribution in [-0.4, -0.2) is 19.1 Å². The average molecular weight is 399 g/mol. The second-order valence-electron chi connectivity index (χ2n) is 8.69. The van der Waals surface area contributed by atoms with Crippen LogP contribution in [-0.2, 0) is 10.2 Å². The molecule has 0 aromatic heterocycles. The van der Waals surface area contributed by atoms with Crippen molar-refractivity contribution in [2.45, 2.75) is 78.1 Å². The molecule has 29 heavy (non-hydrogen) atoms. The van der Waals surface area contributed by atoms with E-state index >= 15 is 0 Å². The largest absolute Gasteiger partial charge is 0.494 e. The van der Waals surface area contributed by atoms with Crippen molar-refractivity contribution in [2.75, 3.05) is 13.2 Å². The van der Waals surface area contributed by atoms with E-state index in [0.717, 1.165) is 63.0 Å². The predicted molar refractivity (Wildman–Crippen MR) is 121 cm³/mol. The summed E-state index contributed by atoms with van der Waals surface area (Å²) in [5, 5.41) is 6.18. The molecule has 0 heterocycles. The number of hydrogen-bond donors (Lipinski definition) is 2. The van der Waals surface area contributed by atoms with Crippen molar-refractivity contribution in [1.82, 2.24) is 10.6 Å². The summed E-state index contributed by atoms with van der Waals surface area (Å²) in [6.07, 6.45) is 7.33. The Labute approximate surface area is 176 Å². The van der Waals surface area contributed by atoms with Gasteiger partial charge in [-0.05, 0) is 68.6 Å². The zero-order valence-corrected chi connectivity index (χ0v) is 18.7. The fraction of sp³-hybridized carbons (Fsp3) is 0.560. The Kier molecular flexibility index (Phi) is 8.81. The van der Waals surface area contributed by atoms with Crippen LogP contribution in [0.25, 0.3) is 0 Å². The molecule has 0 radical (unpaired) electrons. The minimum atomic E-state index is -0.00220. The minimum Gasteiger partial charge on any atom is -0.494 e. The topological polar surface area (TPSA) is 50.4 Å². The van der Waals surface area contributed by atoms with Crippen LogP contribution in [0.5, 0.6) is 5.75 Å². The first kappa shape index (κ1) is 23.1. The van der Waals surface area contributed by atoms with Gasteiger partial charge in [-0.25, -0.2) is 0 Å². The number of rotatable bonds is 11. The van der Waals surface area contributed by atoms with Gasteiger partial charge in [-0.15, -0.1) is 0 Å². The van der Waals surface area contributed by atoms with Crippen LogP contribution in [0.3, 0.4) is 0 Å². The maximum atomic E-state index is 12.4. The zero-order chi connectivity index (χ0) is 21.3. The molecule has 0 saturated heterocycles. The third kappa shape index (κ3) is 7.26. The molecule has 0 bridgehead atoms. The van der Waals surface area contributed by atoms with Gasteiger partial charge >= 0.3 is 0 Å². The van der Waals surface area contributed by atoms with Crippen LogP contribution >= 0.6 is 0 Å². The smallest absolute Gasteiger partial charge is 0.252 e. The fourth-order valence-electron chi connectivity index (χ4n) is 3.63. The molecule has 1 aromatic rings. The first-order valence-electron chi connectivity index (χ1n) is 11.0. The molecule has 2 rings (SSSR count). The van der Waals surface area contributed by atoms with E-state index in [4.69, 9.17) is 4.74 Å². The summed E-state index contributed by atoms with van der Waals surface area (Å²) in [6, 6.07) is 8.41. The molecule has 0 atom stereocenters. The average Bonchev–Trinajstić information content (AvgIpc) is 2.68. The van der Waals surface area contributed by atoms with Crippen molar-refractivity contribution in [3.63, 3.8) is 0 Å². The van der Waals surface area contributed by atoms with E-state index in [0.29, 0.717) is 5.82 Å². The Bertz CT molecular complexity index is 717. The van der Waals surface area contributed by atoms with Gasteiger partial charge in [-0.2, -0.15) is 0 Å². The molecule has 1 aromatic carbocycles. The van der Waals surface area contributed by atoms with E-state index in [1.165, 1.54) is 17.6 Å². The van der Waals surface area contributed by atoms with Crippen molar-refractivity contribution >= 4 is 5.91 Å². The molecule has 4 heteroatoms. The number of carbonyl (C=O) groups excluding carboxylic acids is 1. The highest BCUT2D eigenvalue weighted by molar-refractivity contribution is 5.95. The molecule has 4 nitrogen and oxygen atoms in total. The van der Waals surface area contributed by atoms with Crippen LogP contribution in [0.2, 0.25) is 0 Å². The quantitative estimate of drug-likeness (QED) is 0.477. The number of carbonyl (C=O) groups is 1. The van der Waals surface area contributed by atoms with E-state index in [-0.39, 0.29) is 11.3 Å². The van der Waals surface area contributed by atoms with Crippen LogP contribution in [0.15, 0.2) is 47.8 Å². The van der Waals surface area contributed by atoms with Gasteiger partial charge in [0.15, 0.2) is 0 Å². The normalized spacial score (nSPS) is 14.5. The van der Waals surface area contributed by atoms with Crippen molar-refractivity contribution in [3.8, 4) is 5.75 Å². The van der Waals surface area contributed by atoms with Crippen LogP contribution in [0.1, 0.15) is 78.2 Å². The summed E-state index contributed by atoms with van der Waals surface area (Å²) in [5.74, 6) is 1.51. The summed E-state index contributed by atoms with van der Waals surface area (Å²) in [6.45, 7) is 14.2. The Balaban J connectivity index is 1.79. The summed E-state index contributed by atoms with van der Waals surface area (Å²) in [5.41, 5.74) is 3.44. The monoisotopic (exact) mass is 398 g/mol. The molecule has 0 saturated carbocycles. The van der Waals surface area contributed by atoms with Crippen LogP contribution in [0, 0.1) is 0 Å². The lowest BCUT2D eigenvalue weighted by Crippen LogP contribution is -2.34. The van der Waals surface area contributed by atoms with E-state index in [9.17, 15) is 4.79 Å². The van der Waals surface area contributed by atoms with Gasteiger partial charge in [0.1, 0.15) is 5.75 Å². The number of allylic oxidation sites excluding steroid dienone is 1. The van der Waals surface area contributed by atoms with Crippen molar-refractivity contribution in [2.24, 2.45) is 0 Å². The maximum absolute atomic E-state index is 12.4. The maximum Gasteiger partial charge on any atom is 0.252 e. The van der Waals surface area contributed by atoms with Crippen LogP contribution in [0.4, 0.5) is 0 Å². The highest BCUT2D eigenvalue weighted by atomic mass is 16.5. The Morgan fingerprint density at radius 3 is 2.52 bits per heavy atom. The van der Waals surface area contributed by atoms with Crippen molar-refractivity contribution in [3.05, 3.63) is 53.4 Å². The third-order valence-electron chi connectivity index (χ3n) is 5.77. The van der Waals surface area contributed by atoms with Gasteiger partial charge in [-0.3, -0.25) is 4.79 Å². The molecule has 0 spiro atoms. The molecule has 1 aliphatic rings. The fourth-order valence-corrected chi connectivity index (χ4v) is 3.63. The zero-order valence-electron chi connectivity index (χ0n) is 18.7. The summed E-state index contributed by atoms with van der Waals surface area (Å²) in [7, 11) is 0. The van der Waals surface area contributed by atoms with E-state index < -0.39 is 0 Å². The first-order chi connectivity index (χ1) is 13.8. The highest BCUT2D eigenvalue weighted by Gasteiger charge is 2.21. The number of ether oxygens (including phenoxy) is 1. The highest BCUT2D eigenvalue weighted by Crippen LogP contribution is 2.28. The van der Waals surface area contributed by atoms with Gasteiger partial charge < -0.3 is 15.4 Å². The summed E-state index contributed by atoms with van der Waals surface area (Å²) < 4.78 is 5.75. The molecule has 1 aliphatic carbocycles. The Morgan fingerprint density at radius 2 is 1.86 bits per heavy atom. The van der Waals surface area contributed by atoms with E-state index in [1.807, 2.05) is 0 Å². The molecule has 160 valence electrons. The molecule has 0 unspecified atom stereocenters. The molecule has 0 fully saturated rings. The lowest BCUT2D eigenvalue weighted by molar-refractivity contribution is -0.117. The SMILES string of the molecule is C=C(NCCC(C)(C)c1ccc(OCCCC)cc1)NC(=O)C1=C(C)CCCC1. The van der Waals surface area contributed by atoms with Crippen LogP contribution < -0.4 is 15.4 Å². The number of hydrogen-bond acceptors (Lipinski definition) is 3. The third-order valence-corrected chi connectivity index (χ3v) is 5.77. The summed E-state index contributed by atoms with van der Waals surface area (Å²) in [4.78, 5) is 12.4. The number of benzene rings is 1. The van der Waals surface area contributed by atoms with Crippen molar-refractivity contribution < 1.29 is 9.53 Å². The molecule has 1 amide bonds. The Morgan fingerprint density at radius 1 is 1.17 bits per heavy atom. The minimum absolute atomic E-state index is 0.00220.